The lowest BCUT2D eigenvalue weighted by Gasteiger charge is -2.30. The van der Waals surface area contributed by atoms with Crippen molar-refractivity contribution >= 4 is 17.3 Å². The molecule has 1 rings (SSSR count). The smallest absolute Gasteiger partial charge is 0.288 e. The van der Waals surface area contributed by atoms with Gasteiger partial charge < -0.3 is 5.73 Å². The summed E-state index contributed by atoms with van der Waals surface area (Å²) in [7, 11) is 0. The minimum Gasteiger partial charge on any atom is -0.329 e. The fraction of sp³-hybridized carbons (Fsp3) is 0.571. The number of nitro groups is 1. The summed E-state index contributed by atoms with van der Waals surface area (Å²) < 4.78 is 0. The maximum absolute atomic E-state index is 11.0. The summed E-state index contributed by atoms with van der Waals surface area (Å²) in [6, 6.07) is 4.92. The molecule has 0 fully saturated rings. The van der Waals surface area contributed by atoms with Crippen molar-refractivity contribution in [3.63, 3.8) is 0 Å². The van der Waals surface area contributed by atoms with Crippen molar-refractivity contribution in [2.45, 2.75) is 32.7 Å². The molecule has 0 aliphatic heterocycles. The number of nitro benzene ring substituents is 1. The van der Waals surface area contributed by atoms with E-state index in [0.29, 0.717) is 6.54 Å². The molecule has 112 valence electrons. The summed E-state index contributed by atoms with van der Waals surface area (Å²) in [4.78, 5) is 12.8. The van der Waals surface area contributed by atoms with E-state index in [4.69, 9.17) is 17.3 Å². The summed E-state index contributed by atoms with van der Waals surface area (Å²) in [6.07, 6.45) is 2.19. The average molecular weight is 300 g/mol. The number of hydrogen-bond acceptors (Lipinski definition) is 4. The molecule has 0 spiro atoms. The Labute approximate surface area is 124 Å². The average Bonchev–Trinajstić information content (AvgIpc) is 2.44. The number of nitrogens with zero attached hydrogens (tertiary/aromatic N) is 2. The molecule has 20 heavy (non-hydrogen) atoms. The Morgan fingerprint density at radius 2 is 2.15 bits per heavy atom. The van der Waals surface area contributed by atoms with Crippen molar-refractivity contribution in [2.24, 2.45) is 5.73 Å². The van der Waals surface area contributed by atoms with Crippen LogP contribution >= 0.6 is 11.6 Å². The van der Waals surface area contributed by atoms with Gasteiger partial charge in [-0.1, -0.05) is 37.9 Å². The lowest BCUT2D eigenvalue weighted by Crippen LogP contribution is -2.34. The summed E-state index contributed by atoms with van der Waals surface area (Å²) in [6.45, 7) is 6.43. The van der Waals surface area contributed by atoms with Gasteiger partial charge in [-0.2, -0.15) is 0 Å². The number of nitrogens with two attached hydrogens (primary N) is 1. The maximum Gasteiger partial charge on any atom is 0.288 e. The van der Waals surface area contributed by atoms with Crippen molar-refractivity contribution in [1.82, 2.24) is 4.90 Å². The molecule has 0 amide bonds. The topological polar surface area (TPSA) is 72.4 Å². The first-order valence-corrected chi connectivity index (χ1v) is 7.30. The van der Waals surface area contributed by atoms with Crippen molar-refractivity contribution in [1.29, 1.82) is 0 Å². The number of hydrogen-bond donors (Lipinski definition) is 1. The Kier molecular flexibility index (Phi) is 6.91. The zero-order chi connectivity index (χ0) is 15.1. The van der Waals surface area contributed by atoms with E-state index in [2.05, 4.69) is 18.7 Å². The SMILES string of the molecule is CCCCN(CC)C(CN)c1ccc(Cl)c([N+](=O)[O-])c1. The molecule has 6 heteroatoms. The Hall–Kier alpha value is -1.17. The van der Waals surface area contributed by atoms with E-state index in [1.807, 2.05) is 6.07 Å². The minimum atomic E-state index is -0.457. The zero-order valence-corrected chi connectivity index (χ0v) is 12.8. The second kappa shape index (κ2) is 8.19. The normalized spacial score (nSPS) is 12.7. The van der Waals surface area contributed by atoms with Gasteiger partial charge in [0.05, 0.1) is 4.92 Å². The third-order valence-corrected chi connectivity index (χ3v) is 3.74. The van der Waals surface area contributed by atoms with Crippen LogP contribution < -0.4 is 5.73 Å². The molecule has 5 nitrogen and oxygen atoms in total. The fourth-order valence-electron chi connectivity index (χ4n) is 2.27. The molecule has 1 aromatic carbocycles. The molecule has 0 radical (unpaired) electrons. The summed E-state index contributed by atoms with van der Waals surface area (Å²) in [5.74, 6) is 0. The predicted molar refractivity (Wildman–Crippen MR) is 82.1 cm³/mol. The van der Waals surface area contributed by atoms with Gasteiger partial charge in [-0.25, -0.2) is 0 Å². The first-order valence-electron chi connectivity index (χ1n) is 6.93. The van der Waals surface area contributed by atoms with E-state index in [0.717, 1.165) is 31.5 Å². The molecule has 0 aromatic heterocycles. The summed E-state index contributed by atoms with van der Waals surface area (Å²) >= 11 is 5.85. The standard InChI is InChI=1S/C14H22ClN3O2/c1-3-5-8-17(4-2)14(10-16)11-6-7-12(15)13(9-11)18(19)20/h6-7,9,14H,3-5,8,10,16H2,1-2H3. The maximum atomic E-state index is 11.0. The highest BCUT2D eigenvalue weighted by Gasteiger charge is 2.21. The lowest BCUT2D eigenvalue weighted by atomic mass is 10.0. The van der Waals surface area contributed by atoms with E-state index in [-0.39, 0.29) is 16.8 Å². The van der Waals surface area contributed by atoms with Crippen LogP contribution in [0.4, 0.5) is 5.69 Å². The molecule has 2 N–H and O–H groups in total. The Balaban J connectivity index is 3.04. The monoisotopic (exact) mass is 299 g/mol. The van der Waals surface area contributed by atoms with E-state index in [1.165, 1.54) is 6.07 Å². The number of benzene rings is 1. The minimum absolute atomic E-state index is 0.0116. The van der Waals surface area contributed by atoms with Gasteiger partial charge in [0.15, 0.2) is 0 Å². The third-order valence-electron chi connectivity index (χ3n) is 3.42. The largest absolute Gasteiger partial charge is 0.329 e. The van der Waals surface area contributed by atoms with Gasteiger partial charge in [0.25, 0.3) is 5.69 Å². The number of likely N-dealkylation sites (N-methyl/N-ethyl adjacent to an activating group) is 1. The van der Waals surface area contributed by atoms with E-state index in [1.54, 1.807) is 6.07 Å². The lowest BCUT2D eigenvalue weighted by molar-refractivity contribution is -0.384. The molecule has 0 bridgehead atoms. The number of halogens is 1. The molecule has 1 atom stereocenters. The van der Waals surface area contributed by atoms with Crippen molar-refractivity contribution in [3.05, 3.63) is 38.9 Å². The van der Waals surface area contributed by atoms with Gasteiger partial charge in [-0.3, -0.25) is 15.0 Å². The second-order valence-corrected chi connectivity index (χ2v) is 5.11. The highest BCUT2D eigenvalue weighted by Crippen LogP contribution is 2.29. The molecule has 0 saturated heterocycles. The Morgan fingerprint density at radius 3 is 2.65 bits per heavy atom. The first kappa shape index (κ1) is 16.9. The molecule has 0 aliphatic rings. The van der Waals surface area contributed by atoms with Crippen LogP contribution in [0, 0.1) is 10.1 Å². The van der Waals surface area contributed by atoms with Crippen molar-refractivity contribution in [3.8, 4) is 0 Å². The first-order chi connectivity index (χ1) is 9.54. The highest BCUT2D eigenvalue weighted by atomic mass is 35.5. The van der Waals surface area contributed by atoms with Gasteiger partial charge in [-0.05, 0) is 31.1 Å². The van der Waals surface area contributed by atoms with Crippen molar-refractivity contribution < 1.29 is 4.92 Å². The Bertz CT molecular complexity index is 454. The van der Waals surface area contributed by atoms with Gasteiger partial charge in [0.2, 0.25) is 0 Å². The predicted octanol–water partition coefficient (Wildman–Crippen LogP) is 3.37. The fourth-order valence-corrected chi connectivity index (χ4v) is 2.45. The molecule has 0 saturated carbocycles. The van der Waals surface area contributed by atoms with Crippen LogP contribution in [0.2, 0.25) is 5.02 Å². The molecular weight excluding hydrogens is 278 g/mol. The van der Waals surface area contributed by atoms with Crippen molar-refractivity contribution in [2.75, 3.05) is 19.6 Å². The third kappa shape index (κ3) is 4.16. The Morgan fingerprint density at radius 1 is 1.45 bits per heavy atom. The zero-order valence-electron chi connectivity index (χ0n) is 12.0. The van der Waals surface area contributed by atoms with Gasteiger partial charge in [0, 0.05) is 18.7 Å². The van der Waals surface area contributed by atoms with E-state index in [9.17, 15) is 10.1 Å². The van der Waals surface area contributed by atoms with E-state index < -0.39 is 4.92 Å². The molecule has 0 heterocycles. The van der Waals surface area contributed by atoms with Crippen LogP contribution in [0.3, 0.4) is 0 Å². The summed E-state index contributed by atoms with van der Waals surface area (Å²) in [5.41, 5.74) is 6.66. The van der Waals surface area contributed by atoms with Gasteiger partial charge in [-0.15, -0.1) is 0 Å². The van der Waals surface area contributed by atoms with Crippen LogP contribution in [0.1, 0.15) is 38.3 Å². The van der Waals surface area contributed by atoms with Crippen LogP contribution in [0.25, 0.3) is 0 Å². The second-order valence-electron chi connectivity index (χ2n) is 4.70. The highest BCUT2D eigenvalue weighted by molar-refractivity contribution is 6.32. The quantitative estimate of drug-likeness (QED) is 0.590. The van der Waals surface area contributed by atoms with Crippen LogP contribution in [-0.4, -0.2) is 29.5 Å². The van der Waals surface area contributed by atoms with Gasteiger partial charge in [0.1, 0.15) is 5.02 Å². The van der Waals surface area contributed by atoms with Crippen LogP contribution in [-0.2, 0) is 0 Å². The molecular formula is C14H22ClN3O2. The van der Waals surface area contributed by atoms with Crippen LogP contribution in [0.15, 0.2) is 18.2 Å². The van der Waals surface area contributed by atoms with E-state index >= 15 is 0 Å². The molecule has 1 aromatic rings. The molecule has 1 unspecified atom stereocenters. The van der Waals surface area contributed by atoms with Crippen LogP contribution in [0.5, 0.6) is 0 Å². The van der Waals surface area contributed by atoms with Gasteiger partial charge >= 0.3 is 0 Å². The number of unbranched alkanes of at least 4 members (excludes halogenated alkanes) is 1. The molecule has 0 aliphatic carbocycles. The summed E-state index contributed by atoms with van der Waals surface area (Å²) in [5, 5.41) is 11.1. The number of rotatable bonds is 8.